The molecule has 1 aliphatic rings. The molecular weight excluding hydrogens is 368 g/mol. The maximum atomic E-state index is 13.0. The van der Waals surface area contributed by atoms with Crippen LogP contribution >= 0.6 is 11.6 Å². The fourth-order valence-electron chi connectivity index (χ4n) is 3.08. The van der Waals surface area contributed by atoms with Crippen molar-refractivity contribution in [2.24, 2.45) is 0 Å². The largest absolute Gasteiger partial charge is 0.458 e. The van der Waals surface area contributed by atoms with Crippen LogP contribution in [0.3, 0.4) is 0 Å². The van der Waals surface area contributed by atoms with Gasteiger partial charge in [-0.05, 0) is 30.3 Å². The van der Waals surface area contributed by atoms with Gasteiger partial charge in [0.1, 0.15) is 5.82 Å². The summed E-state index contributed by atoms with van der Waals surface area (Å²) in [4.78, 5) is 25.9. The van der Waals surface area contributed by atoms with Crippen LogP contribution < -0.4 is 4.90 Å². The maximum absolute atomic E-state index is 13.0. The van der Waals surface area contributed by atoms with Crippen LogP contribution in [0.2, 0.25) is 5.02 Å². The van der Waals surface area contributed by atoms with E-state index in [2.05, 4.69) is 10.2 Å². The van der Waals surface area contributed by atoms with Gasteiger partial charge in [0.2, 0.25) is 5.91 Å². The Bertz CT molecular complexity index is 1030. The highest BCUT2D eigenvalue weighted by Crippen LogP contribution is 2.37. The van der Waals surface area contributed by atoms with Gasteiger partial charge in [0, 0.05) is 17.6 Å². The van der Waals surface area contributed by atoms with E-state index < -0.39 is 5.97 Å². The van der Waals surface area contributed by atoms with Gasteiger partial charge >= 0.3 is 5.97 Å². The molecule has 8 heteroatoms. The Morgan fingerprint density at radius 1 is 1.15 bits per heavy atom. The number of carbonyl (C=O) groups is 2. The third-order valence-electron chi connectivity index (χ3n) is 4.19. The molecule has 0 N–H and O–H groups in total. The number of aromatic nitrogens is 3. The molecule has 0 atom stereocenters. The van der Waals surface area contributed by atoms with Gasteiger partial charge in [-0.2, -0.15) is 0 Å². The molecule has 1 aromatic heterocycles. The second kappa shape index (κ2) is 6.85. The average molecular weight is 383 g/mol. The molecule has 1 amide bonds. The Morgan fingerprint density at radius 2 is 1.93 bits per heavy atom. The van der Waals surface area contributed by atoms with Gasteiger partial charge < -0.3 is 4.74 Å². The van der Waals surface area contributed by atoms with Gasteiger partial charge in [-0.15, -0.1) is 10.2 Å². The van der Waals surface area contributed by atoms with Crippen LogP contribution in [0.1, 0.15) is 18.6 Å². The summed E-state index contributed by atoms with van der Waals surface area (Å²) in [6, 6.07) is 14.6. The van der Waals surface area contributed by atoms with Crippen LogP contribution in [0.5, 0.6) is 0 Å². The molecule has 0 unspecified atom stereocenters. The third-order valence-corrected chi connectivity index (χ3v) is 4.43. The van der Waals surface area contributed by atoms with Crippen molar-refractivity contribution in [3.05, 3.63) is 65.2 Å². The van der Waals surface area contributed by atoms with Crippen LogP contribution in [0.25, 0.3) is 5.69 Å². The normalized spacial score (nSPS) is 13.0. The van der Waals surface area contributed by atoms with Crippen molar-refractivity contribution < 1.29 is 14.3 Å². The van der Waals surface area contributed by atoms with Gasteiger partial charge in [0.15, 0.2) is 12.4 Å². The second-order valence-corrected chi connectivity index (χ2v) is 6.46. The highest BCUT2D eigenvalue weighted by atomic mass is 35.5. The molecule has 0 radical (unpaired) electrons. The van der Waals surface area contributed by atoms with E-state index in [1.807, 2.05) is 30.3 Å². The molecule has 0 aliphatic carbocycles. The van der Waals surface area contributed by atoms with E-state index in [-0.39, 0.29) is 18.9 Å². The van der Waals surface area contributed by atoms with E-state index >= 15 is 0 Å². The summed E-state index contributed by atoms with van der Waals surface area (Å²) in [5.74, 6) is 0.338. The Hall–Kier alpha value is -3.19. The van der Waals surface area contributed by atoms with Crippen molar-refractivity contribution in [3.8, 4) is 5.69 Å². The first-order valence-corrected chi connectivity index (χ1v) is 8.67. The number of halogens is 1. The summed E-state index contributed by atoms with van der Waals surface area (Å²) in [5.41, 5.74) is 2.03. The van der Waals surface area contributed by atoms with Gasteiger partial charge in [0.05, 0.1) is 17.8 Å². The zero-order valence-corrected chi connectivity index (χ0v) is 15.2. The molecule has 1 aliphatic heterocycles. The Kier molecular flexibility index (Phi) is 4.37. The van der Waals surface area contributed by atoms with Crippen LogP contribution in [-0.4, -0.2) is 26.6 Å². The number of benzene rings is 2. The molecule has 136 valence electrons. The summed E-state index contributed by atoms with van der Waals surface area (Å²) in [6.07, 6.45) is 0.0499. The molecule has 0 fully saturated rings. The van der Waals surface area contributed by atoms with E-state index in [4.69, 9.17) is 16.3 Å². The highest BCUT2D eigenvalue weighted by Gasteiger charge is 2.30. The number of fused-ring (bicyclic) bond motifs is 3. The topological polar surface area (TPSA) is 77.3 Å². The number of rotatable bonds is 3. The predicted molar refractivity (Wildman–Crippen MR) is 99.1 cm³/mol. The lowest BCUT2D eigenvalue weighted by Crippen LogP contribution is -2.26. The molecule has 27 heavy (non-hydrogen) atoms. The lowest BCUT2D eigenvalue weighted by atomic mass is 10.2. The summed E-state index contributed by atoms with van der Waals surface area (Å²) in [7, 11) is 0. The van der Waals surface area contributed by atoms with Gasteiger partial charge in [-0.1, -0.05) is 29.8 Å². The van der Waals surface area contributed by atoms with E-state index in [0.29, 0.717) is 28.0 Å². The van der Waals surface area contributed by atoms with Crippen LogP contribution in [0.15, 0.2) is 48.5 Å². The minimum absolute atomic E-state index is 0.0378. The molecule has 0 saturated heterocycles. The standard InChI is InChI=1S/C19H15ClN4O3/c1-12(25)27-11-18-22-21-17-10-19(26)23(14-5-3-2-4-6-14)16-9-13(20)7-8-15(16)24(17)18/h2-9H,10-11H2,1H3. The third kappa shape index (κ3) is 3.17. The van der Waals surface area contributed by atoms with Gasteiger partial charge in [-0.3, -0.25) is 19.1 Å². The smallest absolute Gasteiger partial charge is 0.303 e. The summed E-state index contributed by atoms with van der Waals surface area (Å²) in [6.45, 7) is 1.29. The molecule has 7 nitrogen and oxygen atoms in total. The predicted octanol–water partition coefficient (Wildman–Crippen LogP) is 3.20. The van der Waals surface area contributed by atoms with Crippen molar-refractivity contribution in [1.29, 1.82) is 0 Å². The minimum Gasteiger partial charge on any atom is -0.458 e. The molecule has 0 spiro atoms. The molecule has 3 aromatic rings. The van der Waals surface area contributed by atoms with Crippen molar-refractivity contribution in [2.45, 2.75) is 20.0 Å². The van der Waals surface area contributed by atoms with Crippen LogP contribution in [0, 0.1) is 0 Å². The summed E-state index contributed by atoms with van der Waals surface area (Å²) < 4.78 is 6.83. The first-order chi connectivity index (χ1) is 13.0. The summed E-state index contributed by atoms with van der Waals surface area (Å²) in [5, 5.41) is 8.73. The number of para-hydroxylation sites is 1. The number of ether oxygens (including phenoxy) is 1. The lowest BCUT2D eigenvalue weighted by Gasteiger charge is -2.23. The SMILES string of the molecule is CC(=O)OCc1nnc2n1-c1ccc(Cl)cc1N(c1ccccc1)C(=O)C2. The second-order valence-electron chi connectivity index (χ2n) is 6.02. The molecule has 2 aromatic carbocycles. The number of anilines is 2. The molecule has 2 heterocycles. The van der Waals surface area contributed by atoms with Crippen molar-refractivity contribution in [3.63, 3.8) is 0 Å². The molecule has 0 bridgehead atoms. The van der Waals surface area contributed by atoms with Gasteiger partial charge in [-0.25, -0.2) is 0 Å². The van der Waals surface area contributed by atoms with Crippen molar-refractivity contribution in [1.82, 2.24) is 14.8 Å². The average Bonchev–Trinajstić information content (AvgIpc) is 2.98. The zero-order chi connectivity index (χ0) is 19.0. The maximum Gasteiger partial charge on any atom is 0.303 e. The van der Waals surface area contributed by atoms with Crippen molar-refractivity contribution >= 4 is 34.9 Å². The number of esters is 1. The fraction of sp³-hybridized carbons (Fsp3) is 0.158. The van der Waals surface area contributed by atoms with Crippen LogP contribution in [-0.2, 0) is 27.4 Å². The van der Waals surface area contributed by atoms with E-state index in [0.717, 1.165) is 5.69 Å². The van der Waals surface area contributed by atoms with E-state index in [9.17, 15) is 9.59 Å². The number of carbonyl (C=O) groups excluding carboxylic acids is 2. The van der Waals surface area contributed by atoms with E-state index in [1.54, 1.807) is 27.7 Å². The molecular formula is C19H15ClN4O3. The number of hydrogen-bond acceptors (Lipinski definition) is 5. The number of amides is 1. The first kappa shape index (κ1) is 17.2. The highest BCUT2D eigenvalue weighted by molar-refractivity contribution is 6.31. The summed E-state index contributed by atoms with van der Waals surface area (Å²) >= 11 is 6.23. The minimum atomic E-state index is -0.417. The molecule has 0 saturated carbocycles. The molecule has 4 rings (SSSR count). The van der Waals surface area contributed by atoms with Gasteiger partial charge in [0.25, 0.3) is 0 Å². The number of hydrogen-bond donors (Lipinski definition) is 0. The monoisotopic (exact) mass is 382 g/mol. The zero-order valence-electron chi connectivity index (χ0n) is 14.4. The van der Waals surface area contributed by atoms with E-state index in [1.165, 1.54) is 6.92 Å². The fourth-order valence-corrected chi connectivity index (χ4v) is 3.25. The Balaban J connectivity index is 1.91. The van der Waals surface area contributed by atoms with Crippen LogP contribution in [0.4, 0.5) is 11.4 Å². The quantitative estimate of drug-likeness (QED) is 0.650. The lowest BCUT2D eigenvalue weighted by molar-refractivity contribution is -0.142. The first-order valence-electron chi connectivity index (χ1n) is 8.29. The Labute approximate surface area is 160 Å². The number of nitrogens with zero attached hydrogens (tertiary/aromatic N) is 4. The van der Waals surface area contributed by atoms with Crippen molar-refractivity contribution in [2.75, 3.05) is 4.90 Å². The Morgan fingerprint density at radius 3 is 2.67 bits per heavy atom.